The summed E-state index contributed by atoms with van der Waals surface area (Å²) in [7, 11) is 1.58. The largest absolute Gasteiger partial charge is 0.481 e. The van der Waals surface area contributed by atoms with Gasteiger partial charge in [-0.2, -0.15) is 0 Å². The van der Waals surface area contributed by atoms with Gasteiger partial charge in [0.2, 0.25) is 11.8 Å². The molecule has 0 saturated carbocycles. The molecule has 1 aromatic carbocycles. The monoisotopic (exact) mass is 305 g/mol. The average Bonchev–Trinajstić information content (AvgIpc) is 2.49. The van der Waals surface area contributed by atoms with Gasteiger partial charge in [-0.3, -0.25) is 4.79 Å². The molecule has 5 nitrogen and oxygen atoms in total. The zero-order valence-corrected chi connectivity index (χ0v) is 12.4. The number of pyridine rings is 1. The normalized spacial score (nSPS) is 10.4. The van der Waals surface area contributed by atoms with E-state index in [0.29, 0.717) is 29.6 Å². The van der Waals surface area contributed by atoms with Crippen LogP contribution < -0.4 is 15.8 Å². The molecular formula is C15H16ClN3O2. The lowest BCUT2D eigenvalue weighted by molar-refractivity contribution is 0.100. The number of amides is 1. The van der Waals surface area contributed by atoms with Crippen molar-refractivity contribution in [2.45, 2.75) is 13.1 Å². The number of hydrogen-bond acceptors (Lipinski definition) is 4. The summed E-state index contributed by atoms with van der Waals surface area (Å²) in [5, 5.41) is 3.78. The minimum absolute atomic E-state index is 0.406. The van der Waals surface area contributed by atoms with Gasteiger partial charge in [-0.25, -0.2) is 4.98 Å². The molecule has 2 rings (SSSR count). The van der Waals surface area contributed by atoms with E-state index in [1.807, 2.05) is 12.1 Å². The molecule has 110 valence electrons. The second-order valence-corrected chi connectivity index (χ2v) is 4.89. The molecule has 1 heterocycles. The maximum absolute atomic E-state index is 11.0. The summed E-state index contributed by atoms with van der Waals surface area (Å²) in [6, 6.07) is 8.79. The molecule has 0 radical (unpaired) electrons. The summed E-state index contributed by atoms with van der Waals surface area (Å²) in [5.41, 5.74) is 7.56. The van der Waals surface area contributed by atoms with Gasteiger partial charge < -0.3 is 15.8 Å². The van der Waals surface area contributed by atoms with Crippen molar-refractivity contribution in [1.82, 2.24) is 10.3 Å². The number of benzene rings is 1. The van der Waals surface area contributed by atoms with Gasteiger partial charge in [0.05, 0.1) is 7.11 Å². The Labute approximate surface area is 128 Å². The molecule has 0 aliphatic heterocycles. The summed E-state index contributed by atoms with van der Waals surface area (Å²) in [5.74, 6) is 0.101. The Balaban J connectivity index is 1.92. The van der Waals surface area contributed by atoms with Crippen LogP contribution in [0.15, 0.2) is 36.5 Å². The van der Waals surface area contributed by atoms with Gasteiger partial charge in [-0.15, -0.1) is 0 Å². The number of carbonyl (C=O) groups is 1. The summed E-state index contributed by atoms with van der Waals surface area (Å²) in [6.45, 7) is 1.24. The van der Waals surface area contributed by atoms with Crippen molar-refractivity contribution in [2.75, 3.05) is 7.11 Å². The summed E-state index contributed by atoms with van der Waals surface area (Å²) in [6.07, 6.45) is 1.75. The molecule has 2 aromatic rings. The van der Waals surface area contributed by atoms with Gasteiger partial charge in [0.15, 0.2) is 0 Å². The fraction of sp³-hybridized carbons (Fsp3) is 0.200. The van der Waals surface area contributed by atoms with Crippen molar-refractivity contribution in [3.63, 3.8) is 0 Å². The molecule has 0 aliphatic carbocycles. The number of methoxy groups -OCH3 is 1. The fourth-order valence-electron chi connectivity index (χ4n) is 1.82. The summed E-state index contributed by atoms with van der Waals surface area (Å²) >= 11 is 6.12. The van der Waals surface area contributed by atoms with Crippen molar-refractivity contribution in [1.29, 1.82) is 0 Å². The first-order valence-electron chi connectivity index (χ1n) is 6.38. The predicted octanol–water partition coefficient (Wildman–Crippen LogP) is 2.13. The third kappa shape index (κ3) is 4.18. The van der Waals surface area contributed by atoms with Crippen LogP contribution in [-0.2, 0) is 13.1 Å². The molecule has 3 N–H and O–H groups in total. The summed E-state index contributed by atoms with van der Waals surface area (Å²) < 4.78 is 5.00. The molecule has 0 bridgehead atoms. The Morgan fingerprint density at radius 1 is 1.33 bits per heavy atom. The van der Waals surface area contributed by atoms with Crippen molar-refractivity contribution < 1.29 is 9.53 Å². The molecule has 0 spiro atoms. The van der Waals surface area contributed by atoms with Crippen molar-refractivity contribution in [3.05, 3.63) is 58.2 Å². The SMILES string of the molecule is COc1ccc(CNCc2ccc(C(N)=O)cc2Cl)cn1. The van der Waals surface area contributed by atoms with E-state index in [1.54, 1.807) is 31.5 Å². The first kappa shape index (κ1) is 15.3. The predicted molar refractivity (Wildman–Crippen MR) is 81.3 cm³/mol. The number of aromatic nitrogens is 1. The van der Waals surface area contributed by atoms with Crippen LogP contribution in [0.5, 0.6) is 5.88 Å². The first-order chi connectivity index (χ1) is 10.1. The Kier molecular flexibility index (Phi) is 5.14. The van der Waals surface area contributed by atoms with Crippen LogP contribution in [0.3, 0.4) is 0 Å². The lowest BCUT2D eigenvalue weighted by Gasteiger charge is -2.08. The number of primary amides is 1. The second-order valence-electron chi connectivity index (χ2n) is 4.48. The minimum Gasteiger partial charge on any atom is -0.481 e. The molecule has 0 aliphatic rings. The number of carbonyl (C=O) groups excluding carboxylic acids is 1. The highest BCUT2D eigenvalue weighted by Crippen LogP contribution is 2.18. The van der Waals surface area contributed by atoms with Crippen LogP contribution in [0.4, 0.5) is 0 Å². The van der Waals surface area contributed by atoms with Crippen LogP contribution in [-0.4, -0.2) is 18.0 Å². The highest BCUT2D eigenvalue weighted by atomic mass is 35.5. The van der Waals surface area contributed by atoms with Crippen LogP contribution >= 0.6 is 11.6 Å². The van der Waals surface area contributed by atoms with Gasteiger partial charge in [-0.05, 0) is 23.3 Å². The van der Waals surface area contributed by atoms with Gasteiger partial charge in [0.25, 0.3) is 0 Å². The Morgan fingerprint density at radius 3 is 2.71 bits per heavy atom. The van der Waals surface area contributed by atoms with Gasteiger partial charge in [0, 0.05) is 35.9 Å². The molecular weight excluding hydrogens is 290 g/mol. The molecule has 0 unspecified atom stereocenters. The van der Waals surface area contributed by atoms with E-state index >= 15 is 0 Å². The number of halogens is 1. The van der Waals surface area contributed by atoms with E-state index in [4.69, 9.17) is 22.1 Å². The lowest BCUT2D eigenvalue weighted by Crippen LogP contribution is -2.14. The zero-order chi connectivity index (χ0) is 15.2. The highest BCUT2D eigenvalue weighted by molar-refractivity contribution is 6.31. The fourth-order valence-corrected chi connectivity index (χ4v) is 2.07. The maximum atomic E-state index is 11.0. The molecule has 1 amide bonds. The maximum Gasteiger partial charge on any atom is 0.248 e. The van der Waals surface area contributed by atoms with E-state index in [-0.39, 0.29) is 0 Å². The number of hydrogen-bond donors (Lipinski definition) is 2. The topological polar surface area (TPSA) is 77.2 Å². The van der Waals surface area contributed by atoms with Crippen molar-refractivity contribution in [2.24, 2.45) is 5.73 Å². The van der Waals surface area contributed by atoms with Crippen molar-refractivity contribution >= 4 is 17.5 Å². The lowest BCUT2D eigenvalue weighted by atomic mass is 10.1. The smallest absolute Gasteiger partial charge is 0.248 e. The number of nitrogens with two attached hydrogens (primary N) is 1. The summed E-state index contributed by atoms with van der Waals surface area (Å²) in [4.78, 5) is 15.2. The van der Waals surface area contributed by atoms with Gasteiger partial charge >= 0.3 is 0 Å². The van der Waals surface area contributed by atoms with E-state index in [2.05, 4.69) is 10.3 Å². The third-order valence-electron chi connectivity index (χ3n) is 2.99. The Hall–Kier alpha value is -2.11. The number of nitrogens with one attached hydrogen (secondary N) is 1. The minimum atomic E-state index is -0.485. The molecule has 1 aromatic heterocycles. The average molecular weight is 306 g/mol. The van der Waals surface area contributed by atoms with Crippen molar-refractivity contribution in [3.8, 4) is 5.88 Å². The van der Waals surface area contributed by atoms with E-state index in [1.165, 1.54) is 0 Å². The van der Waals surface area contributed by atoms with Crippen LogP contribution in [0.25, 0.3) is 0 Å². The second kappa shape index (κ2) is 7.06. The molecule has 0 fully saturated rings. The number of rotatable bonds is 6. The van der Waals surface area contributed by atoms with Crippen LogP contribution in [0.2, 0.25) is 5.02 Å². The Bertz CT molecular complexity index is 629. The van der Waals surface area contributed by atoms with Crippen LogP contribution in [0, 0.1) is 0 Å². The molecule has 0 saturated heterocycles. The van der Waals surface area contributed by atoms with E-state index < -0.39 is 5.91 Å². The molecule has 6 heteroatoms. The Morgan fingerprint density at radius 2 is 2.14 bits per heavy atom. The highest BCUT2D eigenvalue weighted by Gasteiger charge is 2.05. The standard InChI is InChI=1S/C15H16ClN3O2/c1-21-14-5-2-10(8-19-14)7-18-9-12-4-3-11(15(17)20)6-13(12)16/h2-6,8,18H,7,9H2,1H3,(H2,17,20). The third-order valence-corrected chi connectivity index (χ3v) is 3.34. The van der Waals surface area contributed by atoms with Crippen LogP contribution in [0.1, 0.15) is 21.5 Å². The quantitative estimate of drug-likeness (QED) is 0.857. The first-order valence-corrected chi connectivity index (χ1v) is 6.76. The van der Waals surface area contributed by atoms with Gasteiger partial charge in [-0.1, -0.05) is 23.7 Å². The molecule has 0 atom stereocenters. The number of ether oxygens (including phenoxy) is 1. The van der Waals surface area contributed by atoms with E-state index in [0.717, 1.165) is 11.1 Å². The molecule has 21 heavy (non-hydrogen) atoms. The number of nitrogens with zero attached hydrogens (tertiary/aromatic N) is 1. The van der Waals surface area contributed by atoms with Gasteiger partial charge in [0.1, 0.15) is 0 Å². The van der Waals surface area contributed by atoms with E-state index in [9.17, 15) is 4.79 Å². The zero-order valence-electron chi connectivity index (χ0n) is 11.6.